The van der Waals surface area contributed by atoms with E-state index in [-0.39, 0.29) is 5.71 Å². The van der Waals surface area contributed by atoms with Crippen molar-refractivity contribution >= 4 is 11.9 Å². The van der Waals surface area contributed by atoms with Gasteiger partial charge in [0.05, 0.1) is 6.07 Å². The Labute approximate surface area is 48.0 Å². The molecule has 0 spiro atoms. The van der Waals surface area contributed by atoms with Crippen molar-refractivity contribution in [2.45, 2.75) is 6.92 Å². The summed E-state index contributed by atoms with van der Waals surface area (Å²) in [6.07, 6.45) is 0.961. The molecule has 0 aromatic rings. The summed E-state index contributed by atoms with van der Waals surface area (Å²) in [6, 6.07) is 1.78. The lowest BCUT2D eigenvalue weighted by molar-refractivity contribution is 1.18. The lowest BCUT2D eigenvalue weighted by Gasteiger charge is -1.93. The van der Waals surface area contributed by atoms with Crippen molar-refractivity contribution in [1.82, 2.24) is 0 Å². The monoisotopic (exact) mass is 109 g/mol. The normalized spacial score (nSPS) is 11.5. The molecule has 0 rings (SSSR count). The molecule has 0 radical (unpaired) electrons. The Bertz CT molecular complexity index is 142. The summed E-state index contributed by atoms with van der Waals surface area (Å²) in [5.74, 6) is -0.616. The lowest BCUT2D eigenvalue weighted by Crippen LogP contribution is -2.07. The van der Waals surface area contributed by atoms with E-state index in [0.717, 1.165) is 6.21 Å². The highest BCUT2D eigenvalue weighted by molar-refractivity contribution is 5.96. The minimum Gasteiger partial charge on any atom is -0.311 e. The van der Waals surface area contributed by atoms with Gasteiger partial charge in [-0.1, -0.05) is 0 Å². The standard InChI is InChI=1S/C5H7N3/c1-4(8)5(2-6)3-7/h2,5-6,8H,1H3. The number of nitrogens with zero attached hydrogens (tertiary/aromatic N) is 1. The van der Waals surface area contributed by atoms with Crippen LogP contribution in [0, 0.1) is 28.1 Å². The Balaban J connectivity index is 3.95. The minimum atomic E-state index is -0.616. The van der Waals surface area contributed by atoms with Gasteiger partial charge in [-0.3, -0.25) is 0 Å². The summed E-state index contributed by atoms with van der Waals surface area (Å²) in [7, 11) is 0. The molecule has 2 N–H and O–H groups in total. The molecule has 0 saturated heterocycles. The van der Waals surface area contributed by atoms with Gasteiger partial charge in [0.15, 0.2) is 0 Å². The van der Waals surface area contributed by atoms with Crippen molar-refractivity contribution in [2.24, 2.45) is 5.92 Å². The van der Waals surface area contributed by atoms with Crippen LogP contribution in [0.5, 0.6) is 0 Å². The summed E-state index contributed by atoms with van der Waals surface area (Å²) in [4.78, 5) is 0. The maximum atomic E-state index is 8.15. The zero-order valence-corrected chi connectivity index (χ0v) is 4.60. The fourth-order valence-electron chi connectivity index (χ4n) is 0.259. The molecule has 3 heteroatoms. The second kappa shape index (κ2) is 2.92. The molecule has 0 aliphatic carbocycles. The first-order chi connectivity index (χ1) is 3.72. The summed E-state index contributed by atoms with van der Waals surface area (Å²) in [5.41, 5.74) is 0.225. The SMILES string of the molecule is CC(=N)C(C#N)C=N. The molecule has 42 valence electrons. The lowest BCUT2D eigenvalue weighted by atomic mass is 10.1. The van der Waals surface area contributed by atoms with Gasteiger partial charge in [-0.05, 0) is 6.92 Å². The van der Waals surface area contributed by atoms with Crippen molar-refractivity contribution < 1.29 is 0 Å². The van der Waals surface area contributed by atoms with Crippen LogP contribution < -0.4 is 0 Å². The fraction of sp³-hybridized carbons (Fsp3) is 0.400. The first-order valence-corrected chi connectivity index (χ1v) is 2.17. The van der Waals surface area contributed by atoms with Gasteiger partial charge in [-0.2, -0.15) is 5.26 Å². The molecule has 8 heavy (non-hydrogen) atoms. The molecule has 0 bridgehead atoms. The molecular weight excluding hydrogens is 102 g/mol. The fourth-order valence-corrected chi connectivity index (χ4v) is 0.259. The molecular formula is C5H7N3. The van der Waals surface area contributed by atoms with Crippen LogP contribution in [0.2, 0.25) is 0 Å². The number of nitrogens with one attached hydrogen (secondary N) is 2. The Morgan fingerprint density at radius 1 is 1.88 bits per heavy atom. The van der Waals surface area contributed by atoms with E-state index in [0.29, 0.717) is 0 Å². The predicted molar refractivity (Wildman–Crippen MR) is 31.3 cm³/mol. The van der Waals surface area contributed by atoms with E-state index in [2.05, 4.69) is 0 Å². The molecule has 0 heterocycles. The van der Waals surface area contributed by atoms with E-state index in [1.807, 2.05) is 0 Å². The van der Waals surface area contributed by atoms with Crippen molar-refractivity contribution in [3.05, 3.63) is 0 Å². The van der Waals surface area contributed by atoms with Gasteiger partial charge in [0.25, 0.3) is 0 Å². The van der Waals surface area contributed by atoms with Crippen LogP contribution in [0.4, 0.5) is 0 Å². The Morgan fingerprint density at radius 2 is 2.38 bits per heavy atom. The predicted octanol–water partition coefficient (Wildman–Crippen LogP) is 0.815. The second-order valence-electron chi connectivity index (χ2n) is 1.46. The third-order valence-electron chi connectivity index (χ3n) is 0.772. The van der Waals surface area contributed by atoms with Crippen LogP contribution in [0.3, 0.4) is 0 Å². The summed E-state index contributed by atoms with van der Waals surface area (Å²) in [5, 5.41) is 21.6. The first-order valence-electron chi connectivity index (χ1n) is 2.17. The summed E-state index contributed by atoms with van der Waals surface area (Å²) < 4.78 is 0. The van der Waals surface area contributed by atoms with E-state index in [9.17, 15) is 0 Å². The smallest absolute Gasteiger partial charge is 0.118 e. The van der Waals surface area contributed by atoms with Crippen molar-refractivity contribution in [2.75, 3.05) is 0 Å². The van der Waals surface area contributed by atoms with Gasteiger partial charge in [0, 0.05) is 11.9 Å². The molecule has 0 aromatic carbocycles. The molecule has 0 fully saturated rings. The molecule has 0 saturated carbocycles. The average molecular weight is 109 g/mol. The molecule has 0 aliphatic heterocycles. The average Bonchev–Trinajstić information content (AvgIpc) is 1.69. The van der Waals surface area contributed by atoms with Crippen LogP contribution in [-0.2, 0) is 0 Å². The maximum Gasteiger partial charge on any atom is 0.118 e. The van der Waals surface area contributed by atoms with Gasteiger partial charge < -0.3 is 10.8 Å². The zero-order chi connectivity index (χ0) is 6.57. The molecule has 1 unspecified atom stereocenters. The molecule has 0 amide bonds. The maximum absolute atomic E-state index is 8.15. The Morgan fingerprint density at radius 3 is 2.38 bits per heavy atom. The van der Waals surface area contributed by atoms with Gasteiger partial charge in [0.1, 0.15) is 5.92 Å². The highest BCUT2D eigenvalue weighted by Crippen LogP contribution is 1.89. The van der Waals surface area contributed by atoms with Crippen molar-refractivity contribution in [3.63, 3.8) is 0 Å². The number of nitriles is 1. The van der Waals surface area contributed by atoms with E-state index in [4.69, 9.17) is 16.1 Å². The van der Waals surface area contributed by atoms with Crippen LogP contribution >= 0.6 is 0 Å². The van der Waals surface area contributed by atoms with Crippen LogP contribution in [0.15, 0.2) is 0 Å². The van der Waals surface area contributed by atoms with Gasteiger partial charge in [0.2, 0.25) is 0 Å². The molecule has 0 aromatic heterocycles. The van der Waals surface area contributed by atoms with Crippen LogP contribution in [0.25, 0.3) is 0 Å². The zero-order valence-electron chi connectivity index (χ0n) is 4.60. The van der Waals surface area contributed by atoms with E-state index in [1.165, 1.54) is 6.92 Å². The van der Waals surface area contributed by atoms with Gasteiger partial charge in [-0.15, -0.1) is 0 Å². The third kappa shape index (κ3) is 1.52. The quantitative estimate of drug-likeness (QED) is 0.506. The van der Waals surface area contributed by atoms with Gasteiger partial charge >= 0.3 is 0 Å². The van der Waals surface area contributed by atoms with E-state index in [1.54, 1.807) is 6.07 Å². The highest BCUT2D eigenvalue weighted by Gasteiger charge is 2.02. The van der Waals surface area contributed by atoms with Crippen LogP contribution in [0.1, 0.15) is 6.92 Å². The molecule has 0 aliphatic rings. The topological polar surface area (TPSA) is 71.5 Å². The Hall–Kier alpha value is -1.17. The largest absolute Gasteiger partial charge is 0.311 e. The highest BCUT2D eigenvalue weighted by atomic mass is 14.5. The van der Waals surface area contributed by atoms with Crippen LogP contribution in [-0.4, -0.2) is 11.9 Å². The first kappa shape index (κ1) is 6.83. The van der Waals surface area contributed by atoms with Crippen molar-refractivity contribution in [1.29, 1.82) is 16.1 Å². The number of hydrogen-bond donors (Lipinski definition) is 2. The second-order valence-corrected chi connectivity index (χ2v) is 1.46. The summed E-state index contributed by atoms with van der Waals surface area (Å²) >= 11 is 0. The number of rotatable bonds is 2. The number of hydrogen-bond acceptors (Lipinski definition) is 3. The van der Waals surface area contributed by atoms with Gasteiger partial charge in [-0.25, -0.2) is 0 Å². The van der Waals surface area contributed by atoms with E-state index < -0.39 is 5.92 Å². The van der Waals surface area contributed by atoms with Crippen molar-refractivity contribution in [3.8, 4) is 6.07 Å². The third-order valence-corrected chi connectivity index (χ3v) is 0.772. The molecule has 1 atom stereocenters. The van der Waals surface area contributed by atoms with E-state index >= 15 is 0 Å². The summed E-state index contributed by atoms with van der Waals surface area (Å²) in [6.45, 7) is 1.51. The molecule has 3 nitrogen and oxygen atoms in total. The Kier molecular flexibility index (Phi) is 2.49. The minimum absolute atomic E-state index is 0.225.